The van der Waals surface area contributed by atoms with Crippen LogP contribution in [0.25, 0.3) is 11.1 Å². The van der Waals surface area contributed by atoms with E-state index in [9.17, 15) is 13.2 Å². The second kappa shape index (κ2) is 11.2. The van der Waals surface area contributed by atoms with Gasteiger partial charge in [0.25, 0.3) is 0 Å². The van der Waals surface area contributed by atoms with Gasteiger partial charge in [-0.1, -0.05) is 67.9 Å². The van der Waals surface area contributed by atoms with Crippen LogP contribution in [-0.4, -0.2) is 31.9 Å². The maximum Gasteiger partial charge on any atom is 0.341 e. The molecule has 0 aromatic heterocycles. The van der Waals surface area contributed by atoms with Crippen molar-refractivity contribution in [1.82, 2.24) is 0 Å². The van der Waals surface area contributed by atoms with E-state index >= 15 is 0 Å². The summed E-state index contributed by atoms with van der Waals surface area (Å²) in [6.07, 6.45) is 1.14. The highest BCUT2D eigenvalue weighted by Crippen LogP contribution is 2.29. The standard InChI is InChI=1S/C27H31NO5S/c1-4-15-34(31,32)28(18-21-11-14-26(22(5-2)16-21)33-19-27(29)30)25-8-6-7-24(17-25)23-12-9-20(3)10-13-23/h6-14,16-17H,4-5,15,18-19H2,1-3H3,(H,29,30). The summed E-state index contributed by atoms with van der Waals surface area (Å²) in [7, 11) is -3.56. The zero-order valence-corrected chi connectivity index (χ0v) is 20.6. The lowest BCUT2D eigenvalue weighted by Crippen LogP contribution is -2.32. The van der Waals surface area contributed by atoms with E-state index in [0.29, 0.717) is 24.3 Å². The summed E-state index contributed by atoms with van der Waals surface area (Å²) in [5, 5.41) is 8.90. The monoisotopic (exact) mass is 481 g/mol. The lowest BCUT2D eigenvalue weighted by Gasteiger charge is -2.25. The molecule has 0 fully saturated rings. The normalized spacial score (nSPS) is 11.3. The first kappa shape index (κ1) is 25.3. The Labute approximate surface area is 201 Å². The van der Waals surface area contributed by atoms with Gasteiger partial charge in [-0.15, -0.1) is 0 Å². The molecule has 180 valence electrons. The largest absolute Gasteiger partial charge is 0.482 e. The molecule has 6 nitrogen and oxygen atoms in total. The van der Waals surface area contributed by atoms with Gasteiger partial charge in [0.15, 0.2) is 6.61 Å². The highest BCUT2D eigenvalue weighted by atomic mass is 32.2. The molecule has 0 saturated heterocycles. The number of anilines is 1. The van der Waals surface area contributed by atoms with E-state index in [1.54, 1.807) is 12.1 Å². The molecule has 0 radical (unpaired) electrons. The van der Waals surface area contributed by atoms with Crippen molar-refractivity contribution >= 4 is 21.7 Å². The van der Waals surface area contributed by atoms with Gasteiger partial charge in [-0.05, 0) is 60.2 Å². The first-order chi connectivity index (χ1) is 16.2. The van der Waals surface area contributed by atoms with Crippen LogP contribution in [0.2, 0.25) is 0 Å². The molecule has 1 N–H and O–H groups in total. The van der Waals surface area contributed by atoms with E-state index in [1.807, 2.05) is 75.4 Å². The van der Waals surface area contributed by atoms with E-state index in [0.717, 1.165) is 27.8 Å². The number of hydrogen-bond acceptors (Lipinski definition) is 4. The lowest BCUT2D eigenvalue weighted by molar-refractivity contribution is -0.139. The van der Waals surface area contributed by atoms with Crippen molar-refractivity contribution in [3.63, 3.8) is 0 Å². The van der Waals surface area contributed by atoms with Crippen LogP contribution in [0.1, 0.15) is 37.0 Å². The number of benzene rings is 3. The Hall–Kier alpha value is -3.32. The number of rotatable bonds is 11. The molecule has 0 amide bonds. The minimum Gasteiger partial charge on any atom is -0.482 e. The molecule has 0 aliphatic carbocycles. The van der Waals surface area contributed by atoms with E-state index < -0.39 is 22.6 Å². The van der Waals surface area contributed by atoms with Gasteiger partial charge in [-0.2, -0.15) is 0 Å². The van der Waals surface area contributed by atoms with Gasteiger partial charge in [0, 0.05) is 0 Å². The van der Waals surface area contributed by atoms with Crippen LogP contribution in [0, 0.1) is 6.92 Å². The number of carbonyl (C=O) groups is 1. The van der Waals surface area contributed by atoms with Crippen molar-refractivity contribution in [2.75, 3.05) is 16.7 Å². The maximum absolute atomic E-state index is 13.3. The van der Waals surface area contributed by atoms with Gasteiger partial charge >= 0.3 is 5.97 Å². The number of carboxylic acid groups (broad SMARTS) is 1. The summed E-state index contributed by atoms with van der Waals surface area (Å²) in [6.45, 7) is 5.58. The number of aryl methyl sites for hydroxylation is 2. The predicted molar refractivity (Wildman–Crippen MR) is 136 cm³/mol. The summed E-state index contributed by atoms with van der Waals surface area (Å²) in [6, 6.07) is 21.1. The van der Waals surface area contributed by atoms with Crippen LogP contribution in [0.3, 0.4) is 0 Å². The van der Waals surface area contributed by atoms with E-state index in [2.05, 4.69) is 0 Å². The van der Waals surface area contributed by atoms with Gasteiger partial charge < -0.3 is 9.84 Å². The Balaban J connectivity index is 1.98. The fraction of sp³-hybridized carbons (Fsp3) is 0.296. The first-order valence-corrected chi connectivity index (χ1v) is 13.0. The van der Waals surface area contributed by atoms with Crippen molar-refractivity contribution in [1.29, 1.82) is 0 Å². The van der Waals surface area contributed by atoms with Crippen molar-refractivity contribution in [2.24, 2.45) is 0 Å². The molecule has 0 spiro atoms. The number of hydrogen-bond donors (Lipinski definition) is 1. The van der Waals surface area contributed by atoms with Crippen molar-refractivity contribution in [2.45, 2.75) is 40.2 Å². The van der Waals surface area contributed by atoms with Gasteiger partial charge in [-0.3, -0.25) is 4.31 Å². The number of ether oxygens (including phenoxy) is 1. The molecular formula is C27H31NO5S. The Morgan fingerprint density at radius 1 is 0.971 bits per heavy atom. The molecule has 0 saturated carbocycles. The van der Waals surface area contributed by atoms with E-state index in [-0.39, 0.29) is 12.3 Å². The summed E-state index contributed by atoms with van der Waals surface area (Å²) >= 11 is 0. The van der Waals surface area contributed by atoms with Gasteiger partial charge in [0.1, 0.15) is 5.75 Å². The third-order valence-corrected chi connectivity index (χ3v) is 7.44. The van der Waals surface area contributed by atoms with Crippen LogP contribution in [0.5, 0.6) is 5.75 Å². The minimum absolute atomic E-state index is 0.0438. The van der Waals surface area contributed by atoms with Crippen LogP contribution in [0.15, 0.2) is 66.7 Å². The van der Waals surface area contributed by atoms with E-state index in [1.165, 1.54) is 4.31 Å². The Bertz CT molecular complexity index is 1240. The van der Waals surface area contributed by atoms with Crippen LogP contribution in [0.4, 0.5) is 5.69 Å². The summed E-state index contributed by atoms with van der Waals surface area (Å²) in [4.78, 5) is 10.9. The van der Waals surface area contributed by atoms with Crippen molar-refractivity contribution in [3.05, 3.63) is 83.4 Å². The molecule has 3 aromatic rings. The maximum atomic E-state index is 13.3. The summed E-state index contributed by atoms with van der Waals surface area (Å²) in [5.74, 6) is -0.503. The second-order valence-corrected chi connectivity index (χ2v) is 10.2. The van der Waals surface area contributed by atoms with E-state index in [4.69, 9.17) is 9.84 Å². The Morgan fingerprint density at radius 2 is 1.71 bits per heavy atom. The molecule has 0 aliphatic heterocycles. The molecule has 0 unspecified atom stereocenters. The third kappa shape index (κ3) is 6.38. The Morgan fingerprint density at radius 3 is 2.35 bits per heavy atom. The lowest BCUT2D eigenvalue weighted by atomic mass is 10.0. The van der Waals surface area contributed by atoms with Crippen LogP contribution < -0.4 is 9.04 Å². The summed E-state index contributed by atoms with van der Waals surface area (Å²) in [5.41, 5.74) is 5.37. The van der Waals surface area contributed by atoms with Gasteiger partial charge in [-0.25, -0.2) is 13.2 Å². The number of carboxylic acids is 1. The van der Waals surface area contributed by atoms with Gasteiger partial charge in [0.2, 0.25) is 10.0 Å². The topological polar surface area (TPSA) is 83.9 Å². The molecule has 7 heteroatoms. The minimum atomic E-state index is -3.56. The molecule has 3 rings (SSSR count). The van der Waals surface area contributed by atoms with Gasteiger partial charge in [0.05, 0.1) is 18.0 Å². The second-order valence-electron chi connectivity index (χ2n) is 8.22. The Kier molecular flexibility index (Phi) is 8.34. The average Bonchev–Trinajstić information content (AvgIpc) is 2.81. The number of aliphatic carboxylic acids is 1. The fourth-order valence-corrected chi connectivity index (χ4v) is 5.28. The highest BCUT2D eigenvalue weighted by molar-refractivity contribution is 7.92. The molecule has 0 aliphatic rings. The van der Waals surface area contributed by atoms with Crippen molar-refractivity contribution in [3.8, 4) is 16.9 Å². The molecule has 0 bridgehead atoms. The SMILES string of the molecule is CCCS(=O)(=O)N(Cc1ccc(OCC(=O)O)c(CC)c1)c1cccc(-c2ccc(C)cc2)c1. The van der Waals surface area contributed by atoms with Crippen molar-refractivity contribution < 1.29 is 23.1 Å². The zero-order valence-electron chi connectivity index (χ0n) is 19.8. The van der Waals surface area contributed by atoms with Crippen LogP contribution >= 0.6 is 0 Å². The fourth-order valence-electron chi connectivity index (χ4n) is 3.76. The first-order valence-electron chi connectivity index (χ1n) is 11.4. The van der Waals surface area contributed by atoms with Crippen LogP contribution in [-0.2, 0) is 27.8 Å². The highest BCUT2D eigenvalue weighted by Gasteiger charge is 2.23. The molecular weight excluding hydrogens is 450 g/mol. The molecule has 0 heterocycles. The smallest absolute Gasteiger partial charge is 0.341 e. The number of sulfonamides is 1. The number of nitrogens with zero attached hydrogens (tertiary/aromatic N) is 1. The summed E-state index contributed by atoms with van der Waals surface area (Å²) < 4.78 is 33.4. The predicted octanol–water partition coefficient (Wildman–Crippen LogP) is 5.43. The average molecular weight is 482 g/mol. The molecule has 3 aromatic carbocycles. The zero-order chi connectivity index (χ0) is 24.7. The quantitative estimate of drug-likeness (QED) is 0.395. The molecule has 34 heavy (non-hydrogen) atoms. The molecule has 0 atom stereocenters. The third-order valence-electron chi connectivity index (χ3n) is 5.50.